The van der Waals surface area contributed by atoms with Gasteiger partial charge in [0.25, 0.3) is 0 Å². The number of rotatable bonds is 10. The summed E-state index contributed by atoms with van der Waals surface area (Å²) >= 11 is 0. The van der Waals surface area contributed by atoms with Crippen molar-refractivity contribution >= 4 is 0 Å². The van der Waals surface area contributed by atoms with Crippen LogP contribution in [0, 0.1) is 5.82 Å². The van der Waals surface area contributed by atoms with Gasteiger partial charge in [-0.2, -0.15) is 22.0 Å². The molecule has 0 amide bonds. The monoisotopic (exact) mass is 482 g/mol. The fourth-order valence-corrected chi connectivity index (χ4v) is 3.45. The molecular formula is C26H24F6O2. The number of hydrogen-bond donors (Lipinski definition) is 0. The third-order valence-electron chi connectivity index (χ3n) is 5.11. The molecule has 0 aromatic heterocycles. The molecule has 34 heavy (non-hydrogen) atoms. The molecule has 0 fully saturated rings. The molecule has 2 nitrogen and oxygen atoms in total. The minimum Gasteiger partial charge on any atom is -0.488 e. The third kappa shape index (κ3) is 6.53. The lowest BCUT2D eigenvalue weighted by atomic mass is 9.95. The number of alkyl halides is 5. The van der Waals surface area contributed by atoms with Crippen molar-refractivity contribution < 1.29 is 35.8 Å². The Morgan fingerprint density at radius 1 is 0.765 bits per heavy atom. The summed E-state index contributed by atoms with van der Waals surface area (Å²) in [7, 11) is 0. The van der Waals surface area contributed by atoms with E-state index in [2.05, 4.69) is 4.74 Å². The number of aryl methyl sites for hydroxylation is 1. The minimum absolute atomic E-state index is 0.0945. The smallest absolute Gasteiger partial charge is 0.411 e. The van der Waals surface area contributed by atoms with Gasteiger partial charge in [-0.25, -0.2) is 4.39 Å². The Morgan fingerprint density at radius 2 is 1.44 bits per heavy atom. The van der Waals surface area contributed by atoms with Crippen LogP contribution in [0.3, 0.4) is 0 Å². The number of benzene rings is 3. The van der Waals surface area contributed by atoms with E-state index in [1.165, 1.54) is 12.1 Å². The normalized spacial score (nSPS) is 12.1. The van der Waals surface area contributed by atoms with Crippen LogP contribution in [0.5, 0.6) is 5.75 Å². The minimum atomic E-state index is -4.62. The second kappa shape index (κ2) is 11.0. The van der Waals surface area contributed by atoms with E-state index in [-0.39, 0.29) is 6.61 Å². The quantitative estimate of drug-likeness (QED) is 0.278. The Balaban J connectivity index is 1.97. The molecule has 0 saturated heterocycles. The lowest BCUT2D eigenvalue weighted by molar-refractivity contribution is -0.176. The van der Waals surface area contributed by atoms with Gasteiger partial charge in [0, 0.05) is 11.1 Å². The van der Waals surface area contributed by atoms with E-state index in [9.17, 15) is 13.2 Å². The summed E-state index contributed by atoms with van der Waals surface area (Å²) in [5.74, 6) is -5.57. The predicted molar refractivity (Wildman–Crippen MR) is 116 cm³/mol. The fourth-order valence-electron chi connectivity index (χ4n) is 3.45. The largest absolute Gasteiger partial charge is 0.488 e. The van der Waals surface area contributed by atoms with Crippen molar-refractivity contribution in [2.24, 2.45) is 0 Å². The van der Waals surface area contributed by atoms with Crippen LogP contribution in [0.1, 0.15) is 41.2 Å². The fraction of sp³-hybridized carbons (Fsp3) is 0.308. The van der Waals surface area contributed by atoms with E-state index in [1.807, 2.05) is 6.92 Å². The van der Waals surface area contributed by atoms with Crippen LogP contribution >= 0.6 is 0 Å². The van der Waals surface area contributed by atoms with Crippen LogP contribution < -0.4 is 4.74 Å². The van der Waals surface area contributed by atoms with Crippen LogP contribution in [0.2, 0.25) is 0 Å². The maximum Gasteiger partial charge on any atom is 0.411 e. The Kier molecular flexibility index (Phi) is 8.25. The van der Waals surface area contributed by atoms with E-state index in [4.69, 9.17) is 4.74 Å². The molecule has 0 saturated carbocycles. The molecule has 3 rings (SSSR count). The molecule has 0 bridgehead atoms. The van der Waals surface area contributed by atoms with Crippen LogP contribution in [0.4, 0.5) is 26.3 Å². The standard InChI is InChI=1S/C26H24F6O2/c1-2-6-18-9-12-21(13-10-18)26(31,32)23-22(34-15-19-7-4-3-5-8-19)14-11-20(24(23)27)16-33-17-25(28,29)30/h3-5,7-14H,2,6,15-17H2,1H3. The first-order valence-electron chi connectivity index (χ1n) is 10.7. The second-order valence-electron chi connectivity index (χ2n) is 7.82. The number of halogens is 6. The first-order valence-corrected chi connectivity index (χ1v) is 10.7. The van der Waals surface area contributed by atoms with Gasteiger partial charge in [0.1, 0.15) is 30.3 Å². The van der Waals surface area contributed by atoms with Crippen molar-refractivity contribution in [3.8, 4) is 5.75 Å². The topological polar surface area (TPSA) is 18.5 Å². The highest BCUT2D eigenvalue weighted by Gasteiger charge is 2.41. The van der Waals surface area contributed by atoms with Crippen molar-refractivity contribution in [3.63, 3.8) is 0 Å². The van der Waals surface area contributed by atoms with Crippen molar-refractivity contribution in [2.45, 2.75) is 45.1 Å². The Labute approximate surface area is 194 Å². The summed E-state index contributed by atoms with van der Waals surface area (Å²) in [4.78, 5) is 0. The zero-order chi connectivity index (χ0) is 24.8. The summed E-state index contributed by atoms with van der Waals surface area (Å²) in [6, 6.07) is 16.5. The summed E-state index contributed by atoms with van der Waals surface area (Å²) < 4.78 is 93.8. The zero-order valence-electron chi connectivity index (χ0n) is 18.5. The highest BCUT2D eigenvalue weighted by atomic mass is 19.4. The molecule has 3 aromatic carbocycles. The maximum atomic E-state index is 15.6. The SMILES string of the molecule is CCCc1ccc(C(F)(F)c2c(OCc3ccccc3)ccc(COCC(F)(F)F)c2F)cc1. The van der Waals surface area contributed by atoms with E-state index < -0.39 is 53.6 Å². The average molecular weight is 482 g/mol. The van der Waals surface area contributed by atoms with E-state index in [1.54, 1.807) is 42.5 Å². The molecule has 0 spiro atoms. The highest BCUT2D eigenvalue weighted by molar-refractivity contribution is 5.47. The summed E-state index contributed by atoms with van der Waals surface area (Å²) in [5.41, 5.74) is -0.381. The van der Waals surface area contributed by atoms with Crippen LogP contribution in [0.15, 0.2) is 66.7 Å². The molecule has 3 aromatic rings. The molecule has 0 radical (unpaired) electrons. The Bertz CT molecular complexity index is 1060. The highest BCUT2D eigenvalue weighted by Crippen LogP contribution is 2.43. The van der Waals surface area contributed by atoms with Gasteiger partial charge in [0.15, 0.2) is 0 Å². The molecule has 0 aliphatic carbocycles. The summed E-state index contributed by atoms with van der Waals surface area (Å²) in [5, 5.41) is 0. The van der Waals surface area contributed by atoms with Gasteiger partial charge in [-0.1, -0.05) is 74.0 Å². The van der Waals surface area contributed by atoms with Crippen LogP contribution in [-0.2, 0) is 30.3 Å². The summed E-state index contributed by atoms with van der Waals surface area (Å²) in [6.07, 6.45) is -3.08. The van der Waals surface area contributed by atoms with Crippen LogP contribution in [-0.4, -0.2) is 12.8 Å². The first-order chi connectivity index (χ1) is 16.1. The maximum absolute atomic E-state index is 15.6. The molecule has 0 aliphatic rings. The van der Waals surface area contributed by atoms with Crippen molar-refractivity contribution in [1.82, 2.24) is 0 Å². The van der Waals surface area contributed by atoms with Gasteiger partial charge in [-0.05, 0) is 23.6 Å². The van der Waals surface area contributed by atoms with Crippen molar-refractivity contribution in [2.75, 3.05) is 6.61 Å². The molecule has 0 aliphatic heterocycles. The van der Waals surface area contributed by atoms with Gasteiger partial charge < -0.3 is 9.47 Å². The van der Waals surface area contributed by atoms with Crippen LogP contribution in [0.25, 0.3) is 0 Å². The van der Waals surface area contributed by atoms with E-state index in [0.29, 0.717) is 12.0 Å². The Hall–Kier alpha value is -3.00. The van der Waals surface area contributed by atoms with Gasteiger partial charge in [0.2, 0.25) is 0 Å². The van der Waals surface area contributed by atoms with Gasteiger partial charge in [-0.15, -0.1) is 0 Å². The second-order valence-corrected chi connectivity index (χ2v) is 7.82. The van der Waals surface area contributed by atoms with Gasteiger partial charge in [0.05, 0.1) is 6.61 Å². The zero-order valence-corrected chi connectivity index (χ0v) is 18.5. The van der Waals surface area contributed by atoms with Crippen molar-refractivity contribution in [1.29, 1.82) is 0 Å². The molecule has 0 atom stereocenters. The lowest BCUT2D eigenvalue weighted by Crippen LogP contribution is -2.21. The van der Waals surface area contributed by atoms with Gasteiger partial charge >= 0.3 is 12.1 Å². The average Bonchev–Trinajstić information content (AvgIpc) is 2.79. The molecule has 182 valence electrons. The molecule has 0 N–H and O–H groups in total. The van der Waals surface area contributed by atoms with E-state index >= 15 is 13.2 Å². The lowest BCUT2D eigenvalue weighted by Gasteiger charge is -2.23. The molecular weight excluding hydrogens is 458 g/mol. The third-order valence-corrected chi connectivity index (χ3v) is 5.11. The van der Waals surface area contributed by atoms with Crippen molar-refractivity contribution in [3.05, 3.63) is 100 Å². The number of hydrogen-bond acceptors (Lipinski definition) is 2. The molecule has 0 unspecified atom stereocenters. The summed E-state index contributed by atoms with van der Waals surface area (Å²) in [6.45, 7) is -0.574. The molecule has 0 heterocycles. The number of ether oxygens (including phenoxy) is 2. The van der Waals surface area contributed by atoms with Gasteiger partial charge in [-0.3, -0.25) is 0 Å². The predicted octanol–water partition coefficient (Wildman–Crippen LogP) is 7.58. The Morgan fingerprint density at radius 3 is 2.06 bits per heavy atom. The molecule has 8 heteroatoms. The first kappa shape index (κ1) is 25.6. The van der Waals surface area contributed by atoms with E-state index in [0.717, 1.165) is 24.1 Å².